The van der Waals surface area contributed by atoms with Gasteiger partial charge in [0.2, 0.25) is 0 Å². The van der Waals surface area contributed by atoms with Crippen molar-refractivity contribution < 1.29 is 0 Å². The molecule has 0 aliphatic heterocycles. The zero-order chi connectivity index (χ0) is 13.5. The molecule has 0 saturated heterocycles. The Morgan fingerprint density at radius 1 is 1.00 bits per heavy atom. The lowest BCUT2D eigenvalue weighted by Crippen LogP contribution is -2.32. The second-order valence-corrected chi connectivity index (χ2v) is 4.67. The van der Waals surface area contributed by atoms with Crippen LogP contribution >= 0.6 is 0 Å². The maximum atomic E-state index is 9.27. The summed E-state index contributed by atoms with van der Waals surface area (Å²) in [6, 6.07) is 22.7. The van der Waals surface area contributed by atoms with Crippen LogP contribution < -0.4 is 5.32 Å². The van der Waals surface area contributed by atoms with Crippen molar-refractivity contribution in [2.75, 3.05) is 0 Å². The third-order valence-corrected chi connectivity index (χ3v) is 3.19. The molecule has 0 heterocycles. The summed E-state index contributed by atoms with van der Waals surface area (Å²) in [6.07, 6.45) is 0.731. The molecule has 0 radical (unpaired) electrons. The Hall–Kier alpha value is -2.11. The summed E-state index contributed by atoms with van der Waals surface area (Å²) in [5, 5.41) is 12.6. The zero-order valence-corrected chi connectivity index (χ0v) is 11.1. The van der Waals surface area contributed by atoms with Gasteiger partial charge in [0.25, 0.3) is 0 Å². The predicted octanol–water partition coefficient (Wildman–Crippen LogP) is 3.47. The first-order valence-corrected chi connectivity index (χ1v) is 6.54. The summed E-state index contributed by atoms with van der Waals surface area (Å²) < 4.78 is 0. The molecule has 0 bridgehead atoms. The lowest BCUT2D eigenvalue weighted by molar-refractivity contribution is 0.516. The molecule has 19 heavy (non-hydrogen) atoms. The van der Waals surface area contributed by atoms with Crippen molar-refractivity contribution in [1.29, 1.82) is 5.26 Å². The first-order chi connectivity index (χ1) is 9.29. The van der Waals surface area contributed by atoms with Crippen LogP contribution in [0.1, 0.15) is 24.1 Å². The van der Waals surface area contributed by atoms with Gasteiger partial charge in [0.05, 0.1) is 12.1 Å². The van der Waals surface area contributed by atoms with Crippen LogP contribution in [0, 0.1) is 11.3 Å². The molecule has 2 aromatic carbocycles. The van der Waals surface area contributed by atoms with Crippen LogP contribution in [0.2, 0.25) is 0 Å². The Bertz CT molecular complexity index is 528. The number of nitrogens with zero attached hydrogens (tertiary/aromatic N) is 1. The molecule has 2 aromatic rings. The Kier molecular flexibility index (Phi) is 4.72. The number of rotatable bonds is 5. The first-order valence-electron chi connectivity index (χ1n) is 6.54. The van der Waals surface area contributed by atoms with E-state index >= 15 is 0 Å². The smallest absolute Gasteiger partial charge is 0.0998 e. The second kappa shape index (κ2) is 6.72. The first kappa shape index (κ1) is 13.3. The molecule has 0 aliphatic carbocycles. The Balaban J connectivity index is 1.98. The number of benzene rings is 2. The van der Waals surface area contributed by atoms with E-state index in [1.165, 1.54) is 11.1 Å². The number of nitrogens with one attached hydrogen (secondary N) is 1. The maximum Gasteiger partial charge on any atom is 0.0998 e. The zero-order valence-electron chi connectivity index (χ0n) is 11.1. The molecule has 0 amide bonds. The van der Waals surface area contributed by atoms with E-state index in [9.17, 15) is 5.26 Å². The molecule has 0 aliphatic rings. The molecular formula is C17H18N2. The minimum absolute atomic E-state index is 0.169. The van der Waals surface area contributed by atoms with Crippen LogP contribution in [0.25, 0.3) is 0 Å². The van der Waals surface area contributed by atoms with Gasteiger partial charge >= 0.3 is 0 Å². The van der Waals surface area contributed by atoms with Crippen molar-refractivity contribution in [3.8, 4) is 6.07 Å². The molecule has 2 heteroatoms. The van der Waals surface area contributed by atoms with Crippen molar-refractivity contribution in [2.24, 2.45) is 0 Å². The van der Waals surface area contributed by atoms with Crippen LogP contribution in [0.3, 0.4) is 0 Å². The van der Waals surface area contributed by atoms with E-state index in [0.29, 0.717) is 0 Å². The molecule has 0 fully saturated rings. The van der Waals surface area contributed by atoms with Gasteiger partial charge < -0.3 is 0 Å². The van der Waals surface area contributed by atoms with Crippen molar-refractivity contribution >= 4 is 0 Å². The average Bonchev–Trinajstić information content (AvgIpc) is 2.48. The average molecular weight is 250 g/mol. The summed E-state index contributed by atoms with van der Waals surface area (Å²) in [4.78, 5) is 0. The lowest BCUT2D eigenvalue weighted by atomic mass is 10.0. The van der Waals surface area contributed by atoms with Crippen LogP contribution in [0.15, 0.2) is 60.7 Å². The van der Waals surface area contributed by atoms with Crippen molar-refractivity contribution in [1.82, 2.24) is 5.32 Å². The van der Waals surface area contributed by atoms with Gasteiger partial charge in [0, 0.05) is 12.5 Å². The molecule has 2 nitrogen and oxygen atoms in total. The molecule has 0 spiro atoms. The molecule has 96 valence electrons. The van der Waals surface area contributed by atoms with Crippen LogP contribution in [-0.4, -0.2) is 6.04 Å². The third kappa shape index (κ3) is 3.94. The normalized spacial score (nSPS) is 13.5. The maximum absolute atomic E-state index is 9.27. The summed E-state index contributed by atoms with van der Waals surface area (Å²) in [7, 11) is 0. The van der Waals surface area contributed by atoms with Gasteiger partial charge in [-0.15, -0.1) is 0 Å². The van der Waals surface area contributed by atoms with E-state index in [0.717, 1.165) is 6.42 Å². The fourth-order valence-corrected chi connectivity index (χ4v) is 2.13. The van der Waals surface area contributed by atoms with E-state index in [1.807, 2.05) is 36.4 Å². The van der Waals surface area contributed by atoms with Gasteiger partial charge in [-0.2, -0.15) is 5.26 Å². The highest BCUT2D eigenvalue weighted by Gasteiger charge is 2.12. The predicted molar refractivity (Wildman–Crippen MR) is 77.5 cm³/mol. The van der Waals surface area contributed by atoms with Crippen LogP contribution in [0.4, 0.5) is 0 Å². The van der Waals surface area contributed by atoms with Gasteiger partial charge in [-0.1, -0.05) is 60.7 Å². The summed E-state index contributed by atoms with van der Waals surface area (Å²) in [6.45, 7) is 2.09. The standard InChI is InChI=1S/C17H18N2/c1-14(16-10-6-3-7-11-16)19-17(13-18)12-15-8-4-2-5-9-15/h2-11,14,17,19H,12H2,1H3/t14-,17?/m1/s1. The molecular weight excluding hydrogens is 232 g/mol. The highest BCUT2D eigenvalue weighted by Crippen LogP contribution is 2.13. The van der Waals surface area contributed by atoms with Gasteiger partial charge in [0.1, 0.15) is 0 Å². The Morgan fingerprint density at radius 2 is 1.58 bits per heavy atom. The fraction of sp³-hybridized carbons (Fsp3) is 0.235. The minimum atomic E-state index is -0.169. The monoisotopic (exact) mass is 250 g/mol. The molecule has 1 N–H and O–H groups in total. The topological polar surface area (TPSA) is 35.8 Å². The van der Waals surface area contributed by atoms with Gasteiger partial charge in [-0.05, 0) is 18.1 Å². The highest BCUT2D eigenvalue weighted by atomic mass is 14.9. The van der Waals surface area contributed by atoms with Gasteiger partial charge in [-0.25, -0.2) is 0 Å². The molecule has 1 unspecified atom stereocenters. The largest absolute Gasteiger partial charge is 0.295 e. The second-order valence-electron chi connectivity index (χ2n) is 4.67. The van der Waals surface area contributed by atoms with E-state index in [-0.39, 0.29) is 12.1 Å². The van der Waals surface area contributed by atoms with E-state index < -0.39 is 0 Å². The van der Waals surface area contributed by atoms with Gasteiger partial charge in [-0.3, -0.25) is 5.32 Å². The highest BCUT2D eigenvalue weighted by molar-refractivity contribution is 5.21. The summed E-state index contributed by atoms with van der Waals surface area (Å²) in [5.74, 6) is 0. The number of hydrogen-bond acceptors (Lipinski definition) is 2. The molecule has 2 rings (SSSR count). The van der Waals surface area contributed by atoms with Crippen LogP contribution in [0.5, 0.6) is 0 Å². The SMILES string of the molecule is C[C@@H](NC(C#N)Cc1ccccc1)c1ccccc1. The number of nitriles is 1. The fourth-order valence-electron chi connectivity index (χ4n) is 2.13. The van der Waals surface area contributed by atoms with E-state index in [2.05, 4.69) is 42.6 Å². The van der Waals surface area contributed by atoms with Gasteiger partial charge in [0.15, 0.2) is 0 Å². The van der Waals surface area contributed by atoms with E-state index in [4.69, 9.17) is 0 Å². The summed E-state index contributed by atoms with van der Waals surface area (Å²) >= 11 is 0. The third-order valence-electron chi connectivity index (χ3n) is 3.19. The van der Waals surface area contributed by atoms with Crippen molar-refractivity contribution in [3.63, 3.8) is 0 Å². The quantitative estimate of drug-likeness (QED) is 0.882. The van der Waals surface area contributed by atoms with Crippen molar-refractivity contribution in [2.45, 2.75) is 25.4 Å². The minimum Gasteiger partial charge on any atom is -0.295 e. The van der Waals surface area contributed by atoms with Crippen LogP contribution in [-0.2, 0) is 6.42 Å². The lowest BCUT2D eigenvalue weighted by Gasteiger charge is -2.18. The Labute approximate surface area is 114 Å². The molecule has 2 atom stereocenters. The molecule has 0 saturated carbocycles. The Morgan fingerprint density at radius 3 is 2.16 bits per heavy atom. The molecule has 0 aromatic heterocycles. The number of hydrogen-bond donors (Lipinski definition) is 1. The van der Waals surface area contributed by atoms with Crippen molar-refractivity contribution in [3.05, 3.63) is 71.8 Å². The summed E-state index contributed by atoms with van der Waals surface area (Å²) in [5.41, 5.74) is 2.39. The van der Waals surface area contributed by atoms with E-state index in [1.54, 1.807) is 0 Å².